The molecule has 8 heteroatoms. The number of nitrogens with one attached hydrogen (secondary N) is 1. The smallest absolute Gasteiger partial charge is 0.253 e. The van der Waals surface area contributed by atoms with Crippen LogP contribution in [0.5, 0.6) is 0 Å². The summed E-state index contributed by atoms with van der Waals surface area (Å²) >= 11 is 0. The van der Waals surface area contributed by atoms with Crippen molar-refractivity contribution in [3.05, 3.63) is 29.8 Å². The largest absolute Gasteiger partial charge is 0.373 e. The van der Waals surface area contributed by atoms with Gasteiger partial charge in [-0.15, -0.1) is 0 Å². The van der Waals surface area contributed by atoms with Crippen molar-refractivity contribution in [2.45, 2.75) is 31.0 Å². The van der Waals surface area contributed by atoms with Crippen molar-refractivity contribution >= 4 is 15.9 Å². The Morgan fingerprint density at radius 3 is 2.20 bits per heavy atom. The fourth-order valence-electron chi connectivity index (χ4n) is 3.30. The first-order chi connectivity index (χ1) is 11.9. The predicted molar refractivity (Wildman–Crippen MR) is 94.0 cm³/mol. The maximum atomic E-state index is 12.8. The normalized spacial score (nSPS) is 25.8. The molecule has 2 fully saturated rings. The fourth-order valence-corrected chi connectivity index (χ4v) is 4.89. The number of sulfonamides is 1. The zero-order chi connectivity index (χ0) is 18.0. The van der Waals surface area contributed by atoms with Gasteiger partial charge in [0, 0.05) is 44.8 Å². The van der Waals surface area contributed by atoms with Gasteiger partial charge in [-0.1, -0.05) is 0 Å². The van der Waals surface area contributed by atoms with Crippen molar-refractivity contribution in [3.8, 4) is 0 Å². The second-order valence-electron chi connectivity index (χ2n) is 6.65. The Morgan fingerprint density at radius 2 is 1.64 bits per heavy atom. The van der Waals surface area contributed by atoms with Gasteiger partial charge in [0.15, 0.2) is 0 Å². The molecular weight excluding hydrogens is 342 g/mol. The molecule has 0 spiro atoms. The maximum absolute atomic E-state index is 12.8. The van der Waals surface area contributed by atoms with E-state index < -0.39 is 10.0 Å². The highest BCUT2D eigenvalue weighted by molar-refractivity contribution is 7.89. The van der Waals surface area contributed by atoms with Crippen LogP contribution in [0.4, 0.5) is 0 Å². The highest BCUT2D eigenvalue weighted by Gasteiger charge is 2.32. The molecule has 7 nitrogen and oxygen atoms in total. The van der Waals surface area contributed by atoms with Crippen molar-refractivity contribution in [2.75, 3.05) is 39.3 Å². The standard InChI is InChI=1S/C17H25N3O4S/c1-13-11-20(12-14(2)24-13)25(22,23)16-5-3-15(4-6-16)17(21)19-9-7-18-8-10-19/h3-6,13-14,18H,7-12H2,1-2H3/t13-,14-/m0/s1. The first-order valence-corrected chi connectivity index (χ1v) is 10.1. The molecule has 0 aliphatic carbocycles. The van der Waals surface area contributed by atoms with Crippen LogP contribution in [-0.4, -0.2) is 75.0 Å². The zero-order valence-electron chi connectivity index (χ0n) is 14.6. The van der Waals surface area contributed by atoms with E-state index in [0.29, 0.717) is 31.7 Å². The number of morpholine rings is 1. The number of carbonyl (C=O) groups is 1. The minimum absolute atomic E-state index is 0.0564. The van der Waals surface area contributed by atoms with Gasteiger partial charge >= 0.3 is 0 Å². The lowest BCUT2D eigenvalue weighted by atomic mass is 10.2. The quantitative estimate of drug-likeness (QED) is 0.843. The van der Waals surface area contributed by atoms with E-state index in [2.05, 4.69) is 5.32 Å². The van der Waals surface area contributed by atoms with Gasteiger partial charge in [-0.2, -0.15) is 4.31 Å². The van der Waals surface area contributed by atoms with Crippen molar-refractivity contribution in [1.29, 1.82) is 0 Å². The molecule has 3 rings (SSSR count). The van der Waals surface area contributed by atoms with Gasteiger partial charge in [-0.05, 0) is 38.1 Å². The van der Waals surface area contributed by atoms with Crippen LogP contribution in [-0.2, 0) is 14.8 Å². The van der Waals surface area contributed by atoms with Crippen LogP contribution in [0.1, 0.15) is 24.2 Å². The topological polar surface area (TPSA) is 79.0 Å². The summed E-state index contributed by atoms with van der Waals surface area (Å²) in [4.78, 5) is 14.5. The van der Waals surface area contributed by atoms with E-state index in [1.54, 1.807) is 17.0 Å². The molecule has 0 bridgehead atoms. The number of amides is 1. The summed E-state index contributed by atoms with van der Waals surface area (Å²) in [6.45, 7) is 7.32. The molecule has 0 aromatic heterocycles. The third-order valence-corrected chi connectivity index (χ3v) is 6.38. The number of nitrogens with zero attached hydrogens (tertiary/aromatic N) is 2. The molecule has 1 N–H and O–H groups in total. The Balaban J connectivity index is 1.75. The molecule has 2 saturated heterocycles. The van der Waals surface area contributed by atoms with Gasteiger partial charge in [0.2, 0.25) is 10.0 Å². The molecule has 1 aromatic rings. The number of carbonyl (C=O) groups excluding carboxylic acids is 1. The van der Waals surface area contributed by atoms with E-state index in [9.17, 15) is 13.2 Å². The molecular formula is C17H25N3O4S. The Morgan fingerprint density at radius 1 is 1.08 bits per heavy atom. The molecule has 1 amide bonds. The summed E-state index contributed by atoms with van der Waals surface area (Å²) in [5.74, 6) is -0.0564. The maximum Gasteiger partial charge on any atom is 0.253 e. The van der Waals surface area contributed by atoms with Gasteiger partial charge < -0.3 is 15.0 Å². The van der Waals surface area contributed by atoms with E-state index in [1.165, 1.54) is 16.4 Å². The third kappa shape index (κ3) is 4.03. The molecule has 2 atom stereocenters. The van der Waals surface area contributed by atoms with Crippen molar-refractivity contribution < 1.29 is 17.9 Å². The first kappa shape index (κ1) is 18.3. The summed E-state index contributed by atoms with van der Waals surface area (Å²) < 4.78 is 32.7. The molecule has 2 aliphatic rings. The highest BCUT2D eigenvalue weighted by Crippen LogP contribution is 2.21. The Labute approximate surface area is 149 Å². The van der Waals surface area contributed by atoms with Crippen LogP contribution >= 0.6 is 0 Å². The number of hydrogen-bond donors (Lipinski definition) is 1. The minimum Gasteiger partial charge on any atom is -0.373 e. The Hall–Kier alpha value is -1.48. The molecule has 25 heavy (non-hydrogen) atoms. The molecule has 0 radical (unpaired) electrons. The van der Waals surface area contributed by atoms with E-state index >= 15 is 0 Å². The van der Waals surface area contributed by atoms with E-state index in [0.717, 1.165) is 13.1 Å². The zero-order valence-corrected chi connectivity index (χ0v) is 15.5. The SMILES string of the molecule is C[C@H]1CN(S(=O)(=O)c2ccc(C(=O)N3CCNCC3)cc2)C[C@H](C)O1. The number of piperazine rings is 1. The monoisotopic (exact) mass is 367 g/mol. The summed E-state index contributed by atoms with van der Waals surface area (Å²) in [7, 11) is -3.58. The molecule has 1 aromatic carbocycles. The van der Waals surface area contributed by atoms with E-state index in [1.807, 2.05) is 13.8 Å². The van der Waals surface area contributed by atoms with Gasteiger partial charge in [0.1, 0.15) is 0 Å². The van der Waals surface area contributed by atoms with Gasteiger partial charge in [-0.3, -0.25) is 4.79 Å². The van der Waals surface area contributed by atoms with Gasteiger partial charge in [0.25, 0.3) is 5.91 Å². The molecule has 138 valence electrons. The molecule has 2 aliphatic heterocycles. The second kappa shape index (κ2) is 7.41. The number of ether oxygens (including phenoxy) is 1. The van der Waals surface area contributed by atoms with Gasteiger partial charge in [0.05, 0.1) is 17.1 Å². The minimum atomic E-state index is -3.58. The summed E-state index contributed by atoms with van der Waals surface area (Å²) in [6.07, 6.45) is -0.265. The third-order valence-electron chi connectivity index (χ3n) is 4.53. The van der Waals surface area contributed by atoms with Crippen molar-refractivity contribution in [3.63, 3.8) is 0 Å². The lowest BCUT2D eigenvalue weighted by Crippen LogP contribution is -2.48. The van der Waals surface area contributed by atoms with Crippen molar-refractivity contribution in [1.82, 2.24) is 14.5 Å². The summed E-state index contributed by atoms with van der Waals surface area (Å²) in [5.41, 5.74) is 0.518. The van der Waals surface area contributed by atoms with Gasteiger partial charge in [-0.25, -0.2) is 8.42 Å². The molecule has 0 saturated carbocycles. The van der Waals surface area contributed by atoms with Crippen LogP contribution in [0, 0.1) is 0 Å². The van der Waals surface area contributed by atoms with E-state index in [4.69, 9.17) is 4.74 Å². The molecule has 2 heterocycles. The fraction of sp³-hybridized carbons (Fsp3) is 0.588. The first-order valence-electron chi connectivity index (χ1n) is 8.63. The van der Waals surface area contributed by atoms with Crippen LogP contribution in [0.2, 0.25) is 0 Å². The lowest BCUT2D eigenvalue weighted by molar-refractivity contribution is -0.0440. The summed E-state index contributed by atoms with van der Waals surface area (Å²) in [5, 5.41) is 3.20. The number of benzene rings is 1. The lowest BCUT2D eigenvalue weighted by Gasteiger charge is -2.34. The second-order valence-corrected chi connectivity index (χ2v) is 8.58. The number of hydrogen-bond acceptors (Lipinski definition) is 5. The average Bonchev–Trinajstić information content (AvgIpc) is 2.61. The Kier molecular flexibility index (Phi) is 5.43. The van der Waals surface area contributed by atoms with Crippen LogP contribution < -0.4 is 5.32 Å². The van der Waals surface area contributed by atoms with Crippen molar-refractivity contribution in [2.24, 2.45) is 0 Å². The predicted octanol–water partition coefficient (Wildman–Crippen LogP) is 0.530. The molecule has 0 unspecified atom stereocenters. The van der Waals surface area contributed by atoms with Crippen LogP contribution in [0.3, 0.4) is 0 Å². The van der Waals surface area contributed by atoms with Crippen LogP contribution in [0.25, 0.3) is 0 Å². The highest BCUT2D eigenvalue weighted by atomic mass is 32.2. The average molecular weight is 367 g/mol. The summed E-state index contributed by atoms with van der Waals surface area (Å²) in [6, 6.07) is 6.25. The number of rotatable bonds is 3. The Bertz CT molecular complexity index is 704. The van der Waals surface area contributed by atoms with Crippen LogP contribution in [0.15, 0.2) is 29.2 Å². The van der Waals surface area contributed by atoms with E-state index in [-0.39, 0.29) is 23.0 Å².